The summed E-state index contributed by atoms with van der Waals surface area (Å²) in [6.07, 6.45) is 10.2. The number of piperidine rings is 1. The van der Waals surface area contributed by atoms with Crippen molar-refractivity contribution in [1.82, 2.24) is 29.7 Å². The first-order chi connectivity index (χ1) is 21.0. The van der Waals surface area contributed by atoms with Crippen molar-refractivity contribution >= 4 is 28.5 Å². The average molecular weight is 583 g/mol. The van der Waals surface area contributed by atoms with E-state index < -0.39 is 0 Å². The maximum absolute atomic E-state index is 13.5. The van der Waals surface area contributed by atoms with E-state index >= 15 is 0 Å². The van der Waals surface area contributed by atoms with E-state index in [0.29, 0.717) is 31.3 Å². The number of amides is 1. The van der Waals surface area contributed by atoms with Gasteiger partial charge in [-0.15, -0.1) is 0 Å². The fourth-order valence-corrected chi connectivity index (χ4v) is 6.65. The highest BCUT2D eigenvalue weighted by atomic mass is 16.5. The van der Waals surface area contributed by atoms with Crippen LogP contribution < -0.4 is 11.1 Å². The van der Waals surface area contributed by atoms with Crippen molar-refractivity contribution in [3.63, 3.8) is 0 Å². The molecule has 3 aliphatic rings. The van der Waals surface area contributed by atoms with E-state index in [9.17, 15) is 4.79 Å². The summed E-state index contributed by atoms with van der Waals surface area (Å²) in [6.45, 7) is 8.02. The van der Waals surface area contributed by atoms with Crippen LogP contribution in [0.5, 0.6) is 0 Å². The molecule has 43 heavy (non-hydrogen) atoms. The number of carbonyl (C=O) groups excluding carboxylic acids is 1. The van der Waals surface area contributed by atoms with Crippen molar-refractivity contribution in [2.45, 2.75) is 44.7 Å². The lowest BCUT2D eigenvalue weighted by molar-refractivity contribution is -0.140. The predicted molar refractivity (Wildman–Crippen MR) is 169 cm³/mol. The van der Waals surface area contributed by atoms with Gasteiger partial charge in [0.1, 0.15) is 11.8 Å². The van der Waals surface area contributed by atoms with Gasteiger partial charge in [0, 0.05) is 68.1 Å². The van der Waals surface area contributed by atoms with Gasteiger partial charge in [-0.1, -0.05) is 49.4 Å². The van der Waals surface area contributed by atoms with Gasteiger partial charge >= 0.3 is 0 Å². The van der Waals surface area contributed by atoms with Crippen LogP contribution in [0.25, 0.3) is 11.1 Å². The van der Waals surface area contributed by atoms with Crippen LogP contribution in [0.2, 0.25) is 0 Å². The van der Waals surface area contributed by atoms with Gasteiger partial charge in [0.25, 0.3) is 0 Å². The first kappa shape index (κ1) is 29.2. The summed E-state index contributed by atoms with van der Waals surface area (Å²) in [5, 5.41) is 16.9. The third-order valence-corrected chi connectivity index (χ3v) is 9.06. The van der Waals surface area contributed by atoms with Gasteiger partial charge in [-0.05, 0) is 42.5 Å². The number of aromatic nitrogens is 3. The highest BCUT2D eigenvalue weighted by molar-refractivity contribution is 6.07. The largest absolute Gasteiger partial charge is 0.382 e. The summed E-state index contributed by atoms with van der Waals surface area (Å²) in [4.78, 5) is 22.1. The van der Waals surface area contributed by atoms with E-state index in [1.807, 2.05) is 33.7 Å². The second kappa shape index (κ2) is 13.2. The van der Waals surface area contributed by atoms with Crippen molar-refractivity contribution in [2.24, 2.45) is 5.92 Å². The Hall–Kier alpha value is -3.86. The van der Waals surface area contributed by atoms with Gasteiger partial charge in [0.2, 0.25) is 5.91 Å². The summed E-state index contributed by atoms with van der Waals surface area (Å²) >= 11 is 0. The number of anilines is 1. The van der Waals surface area contributed by atoms with Crippen molar-refractivity contribution in [1.29, 1.82) is 5.41 Å². The van der Waals surface area contributed by atoms with Crippen LogP contribution in [0.3, 0.4) is 0 Å². The molecule has 3 aromatic rings. The van der Waals surface area contributed by atoms with Crippen LogP contribution in [-0.4, -0.2) is 88.0 Å². The normalized spacial score (nSPS) is 20.9. The number of allylic oxidation sites excluding steroid dienone is 3. The number of nitrogens with one attached hydrogen (secondary N) is 2. The zero-order chi connectivity index (χ0) is 29.8. The second-order valence-electron chi connectivity index (χ2n) is 11.7. The lowest BCUT2D eigenvalue weighted by Gasteiger charge is -2.38. The predicted octanol–water partition coefficient (Wildman–Crippen LogP) is 3.51. The van der Waals surface area contributed by atoms with Crippen molar-refractivity contribution < 1.29 is 9.53 Å². The topological polar surface area (TPSA) is 125 Å². The van der Waals surface area contributed by atoms with Gasteiger partial charge in [-0.25, -0.2) is 9.50 Å². The zero-order valence-electron chi connectivity index (χ0n) is 24.9. The molecule has 4 N–H and O–H groups in total. The first-order valence-corrected chi connectivity index (χ1v) is 15.5. The van der Waals surface area contributed by atoms with E-state index in [4.69, 9.17) is 15.9 Å². The SMILES string of the molecule is CCC(C(=O)N1CCC(c2cc(C3=CC(=N)C(CNCc4ccccc4)C=C3)c3c(N)ncnn23)CC1)N1CCOCC1. The first-order valence-electron chi connectivity index (χ1n) is 15.5. The molecule has 2 saturated heterocycles. The molecule has 10 heteroatoms. The van der Waals surface area contributed by atoms with Crippen molar-refractivity contribution in [3.05, 3.63) is 77.8 Å². The number of nitrogens with zero attached hydrogens (tertiary/aromatic N) is 5. The monoisotopic (exact) mass is 582 g/mol. The number of benzene rings is 1. The highest BCUT2D eigenvalue weighted by Crippen LogP contribution is 2.36. The third-order valence-electron chi connectivity index (χ3n) is 9.06. The minimum absolute atomic E-state index is 0.000632. The molecule has 4 heterocycles. The Bertz CT molecular complexity index is 1500. The number of carbonyl (C=O) groups is 1. The van der Waals surface area contributed by atoms with Crippen LogP contribution in [0.4, 0.5) is 5.82 Å². The van der Waals surface area contributed by atoms with Crippen LogP contribution >= 0.6 is 0 Å². The molecule has 2 fully saturated rings. The fourth-order valence-electron chi connectivity index (χ4n) is 6.65. The Labute approximate surface area is 253 Å². The van der Waals surface area contributed by atoms with Crippen LogP contribution in [-0.2, 0) is 16.1 Å². The Kier molecular flexibility index (Phi) is 8.97. The molecule has 2 atom stereocenters. The maximum Gasteiger partial charge on any atom is 0.239 e. The van der Waals surface area contributed by atoms with Crippen molar-refractivity contribution in [3.8, 4) is 0 Å². The number of hydrogen-bond donors (Lipinski definition) is 3. The Morgan fingerprint density at radius 1 is 1.16 bits per heavy atom. The maximum atomic E-state index is 13.5. The van der Waals surface area contributed by atoms with Gasteiger partial charge in [-0.3, -0.25) is 9.69 Å². The van der Waals surface area contributed by atoms with E-state index in [0.717, 1.165) is 74.3 Å². The summed E-state index contributed by atoms with van der Waals surface area (Å²) in [7, 11) is 0. The molecule has 10 nitrogen and oxygen atoms in total. The van der Waals surface area contributed by atoms with E-state index in [1.165, 1.54) is 11.9 Å². The summed E-state index contributed by atoms with van der Waals surface area (Å²) in [6, 6.07) is 12.4. The third kappa shape index (κ3) is 6.27. The molecule has 0 bridgehead atoms. The zero-order valence-corrected chi connectivity index (χ0v) is 24.9. The standard InChI is InChI=1S/C33H42N8O2/c1-2-29(39-14-16-43-17-15-39)33(42)40-12-10-24(11-13-40)30-19-27(31-32(35)37-22-38-41(30)31)25-8-9-26(28(34)18-25)21-36-20-23-6-4-3-5-7-23/h3-9,18-19,22,24,26,29,34,36H,2,10-17,20-21H2,1H3,(H2,35,37,38). The van der Waals surface area contributed by atoms with Gasteiger partial charge in [0.05, 0.1) is 19.3 Å². The molecule has 0 spiro atoms. The molecule has 2 aliphatic heterocycles. The number of rotatable bonds is 9. The Morgan fingerprint density at radius 3 is 2.65 bits per heavy atom. The second-order valence-corrected chi connectivity index (χ2v) is 11.7. The quantitative estimate of drug-likeness (QED) is 0.353. The van der Waals surface area contributed by atoms with Gasteiger partial charge in [-0.2, -0.15) is 5.10 Å². The fraction of sp³-hybridized carbons (Fsp3) is 0.455. The number of hydrogen-bond acceptors (Lipinski definition) is 8. The van der Waals surface area contributed by atoms with Gasteiger partial charge in [0.15, 0.2) is 5.82 Å². The minimum Gasteiger partial charge on any atom is -0.382 e. The molecular formula is C33H42N8O2. The smallest absolute Gasteiger partial charge is 0.239 e. The van der Waals surface area contributed by atoms with Gasteiger partial charge < -0.3 is 26.1 Å². The molecule has 226 valence electrons. The number of nitrogens with two attached hydrogens (primary N) is 1. The number of ether oxygens (including phenoxy) is 1. The molecule has 2 aromatic heterocycles. The van der Waals surface area contributed by atoms with Crippen LogP contribution in [0, 0.1) is 11.3 Å². The lowest BCUT2D eigenvalue weighted by atomic mass is 9.90. The Morgan fingerprint density at radius 2 is 1.93 bits per heavy atom. The summed E-state index contributed by atoms with van der Waals surface area (Å²) in [5.74, 6) is 0.901. The number of nitrogen functional groups attached to an aromatic ring is 1. The molecule has 6 rings (SSSR count). The van der Waals surface area contributed by atoms with Crippen molar-refractivity contribution in [2.75, 3.05) is 51.7 Å². The van der Waals surface area contributed by atoms with E-state index in [1.54, 1.807) is 0 Å². The molecular weight excluding hydrogens is 540 g/mol. The molecule has 1 aromatic carbocycles. The van der Waals surface area contributed by atoms with Crippen LogP contribution in [0.1, 0.15) is 48.9 Å². The highest BCUT2D eigenvalue weighted by Gasteiger charge is 2.33. The van der Waals surface area contributed by atoms with E-state index in [2.05, 4.69) is 57.6 Å². The Balaban J connectivity index is 1.15. The number of fused-ring (bicyclic) bond motifs is 1. The summed E-state index contributed by atoms with van der Waals surface area (Å²) in [5.41, 5.74) is 12.0. The molecule has 0 radical (unpaired) electrons. The number of likely N-dealkylation sites (tertiary alicyclic amines) is 1. The number of morpholine rings is 1. The molecule has 0 saturated carbocycles. The van der Waals surface area contributed by atoms with E-state index in [-0.39, 0.29) is 23.8 Å². The lowest BCUT2D eigenvalue weighted by Crippen LogP contribution is -2.53. The molecule has 2 unspecified atom stereocenters. The van der Waals surface area contributed by atoms with Crippen LogP contribution in [0.15, 0.2) is 61.0 Å². The summed E-state index contributed by atoms with van der Waals surface area (Å²) < 4.78 is 7.43. The average Bonchev–Trinajstić information content (AvgIpc) is 3.44. The molecule has 1 amide bonds. The minimum atomic E-state index is -0.0774. The molecule has 1 aliphatic carbocycles.